The van der Waals surface area contributed by atoms with Crippen LogP contribution in [0.4, 0.5) is 5.69 Å². The lowest BCUT2D eigenvalue weighted by Gasteiger charge is -2.38. The molecule has 0 spiro atoms. The molecule has 0 atom stereocenters. The maximum absolute atomic E-state index is 5.89. The van der Waals surface area contributed by atoms with E-state index in [2.05, 4.69) is 53.9 Å². The molecular weight excluding hydrogens is 248 g/mol. The number of rotatable bonds is 5. The molecule has 1 aromatic carbocycles. The lowest BCUT2D eigenvalue weighted by Crippen LogP contribution is -2.48. The fourth-order valence-electron chi connectivity index (χ4n) is 2.87. The SMILES string of the molecule is Cc1cccc(CN)c1N1CCN(CCN(C)C)CC1. The Bertz CT molecular complexity index is 422. The van der Waals surface area contributed by atoms with E-state index >= 15 is 0 Å². The molecule has 0 amide bonds. The number of para-hydroxylation sites is 1. The van der Waals surface area contributed by atoms with Crippen molar-refractivity contribution in [3.8, 4) is 0 Å². The molecule has 2 N–H and O–H groups in total. The number of nitrogens with zero attached hydrogens (tertiary/aromatic N) is 3. The quantitative estimate of drug-likeness (QED) is 0.875. The number of nitrogens with two attached hydrogens (primary N) is 1. The number of benzene rings is 1. The molecule has 112 valence electrons. The van der Waals surface area contributed by atoms with E-state index in [0.29, 0.717) is 6.54 Å². The highest BCUT2D eigenvalue weighted by Gasteiger charge is 2.19. The second-order valence-electron chi connectivity index (χ2n) is 5.92. The van der Waals surface area contributed by atoms with Gasteiger partial charge in [-0.25, -0.2) is 0 Å². The predicted molar refractivity (Wildman–Crippen MR) is 86.3 cm³/mol. The summed E-state index contributed by atoms with van der Waals surface area (Å²) in [5, 5.41) is 0. The molecule has 0 saturated carbocycles. The highest BCUT2D eigenvalue weighted by atomic mass is 15.3. The minimum absolute atomic E-state index is 0.623. The zero-order chi connectivity index (χ0) is 14.5. The molecule has 2 rings (SSSR count). The maximum Gasteiger partial charge on any atom is 0.0442 e. The third-order valence-electron chi connectivity index (χ3n) is 4.09. The summed E-state index contributed by atoms with van der Waals surface area (Å²) in [6.45, 7) is 9.61. The van der Waals surface area contributed by atoms with E-state index in [4.69, 9.17) is 5.73 Å². The number of anilines is 1. The van der Waals surface area contributed by atoms with Crippen molar-refractivity contribution >= 4 is 5.69 Å². The van der Waals surface area contributed by atoms with Gasteiger partial charge in [-0.2, -0.15) is 0 Å². The number of hydrogen-bond acceptors (Lipinski definition) is 4. The van der Waals surface area contributed by atoms with Gasteiger partial charge in [-0.3, -0.25) is 4.90 Å². The Morgan fingerprint density at radius 3 is 2.45 bits per heavy atom. The largest absolute Gasteiger partial charge is 0.368 e. The van der Waals surface area contributed by atoms with Crippen LogP contribution in [-0.4, -0.2) is 63.2 Å². The Balaban J connectivity index is 1.97. The number of hydrogen-bond donors (Lipinski definition) is 1. The second kappa shape index (κ2) is 7.07. The summed E-state index contributed by atoms with van der Waals surface area (Å²) in [5.74, 6) is 0. The van der Waals surface area contributed by atoms with Crippen molar-refractivity contribution in [2.75, 3.05) is 58.3 Å². The Kier molecular flexibility index (Phi) is 5.40. The maximum atomic E-state index is 5.89. The van der Waals surface area contributed by atoms with Crippen molar-refractivity contribution in [1.29, 1.82) is 0 Å². The van der Waals surface area contributed by atoms with Crippen molar-refractivity contribution < 1.29 is 0 Å². The molecule has 1 aliphatic rings. The standard InChI is InChI=1S/C16H28N4/c1-14-5-4-6-15(13-17)16(14)20-11-9-19(10-12-20)8-7-18(2)3/h4-6H,7-13,17H2,1-3H3. The molecule has 0 aliphatic carbocycles. The molecule has 0 bridgehead atoms. The van der Waals surface area contributed by atoms with Crippen LogP contribution in [-0.2, 0) is 6.54 Å². The van der Waals surface area contributed by atoms with Crippen LogP contribution in [0.5, 0.6) is 0 Å². The Labute approximate surface area is 123 Å². The minimum Gasteiger partial charge on any atom is -0.368 e. The summed E-state index contributed by atoms with van der Waals surface area (Å²) in [7, 11) is 4.27. The van der Waals surface area contributed by atoms with E-state index in [1.807, 2.05) is 0 Å². The zero-order valence-electron chi connectivity index (χ0n) is 13.1. The predicted octanol–water partition coefficient (Wildman–Crippen LogP) is 1.14. The Morgan fingerprint density at radius 2 is 1.85 bits per heavy atom. The molecule has 1 saturated heterocycles. The van der Waals surface area contributed by atoms with Crippen molar-refractivity contribution in [2.24, 2.45) is 5.73 Å². The van der Waals surface area contributed by atoms with Gasteiger partial charge in [0.15, 0.2) is 0 Å². The molecule has 20 heavy (non-hydrogen) atoms. The highest BCUT2D eigenvalue weighted by Crippen LogP contribution is 2.25. The van der Waals surface area contributed by atoms with Crippen molar-refractivity contribution in [3.05, 3.63) is 29.3 Å². The van der Waals surface area contributed by atoms with Crippen LogP contribution in [0.25, 0.3) is 0 Å². The summed E-state index contributed by atoms with van der Waals surface area (Å²) >= 11 is 0. The van der Waals surface area contributed by atoms with Crippen molar-refractivity contribution in [2.45, 2.75) is 13.5 Å². The number of aryl methyl sites for hydroxylation is 1. The molecular formula is C16H28N4. The molecule has 0 aromatic heterocycles. The summed E-state index contributed by atoms with van der Waals surface area (Å²) in [4.78, 5) is 7.31. The molecule has 1 heterocycles. The highest BCUT2D eigenvalue weighted by molar-refractivity contribution is 5.59. The second-order valence-corrected chi connectivity index (χ2v) is 5.92. The Morgan fingerprint density at radius 1 is 1.15 bits per heavy atom. The van der Waals surface area contributed by atoms with E-state index in [1.165, 1.54) is 23.4 Å². The molecule has 1 aliphatic heterocycles. The van der Waals surface area contributed by atoms with E-state index in [9.17, 15) is 0 Å². The normalized spacial score (nSPS) is 16.9. The summed E-state index contributed by atoms with van der Waals surface area (Å²) in [6.07, 6.45) is 0. The average Bonchev–Trinajstić information content (AvgIpc) is 2.45. The fraction of sp³-hybridized carbons (Fsp3) is 0.625. The van der Waals surface area contributed by atoms with Gasteiger partial charge in [-0.15, -0.1) is 0 Å². The van der Waals surface area contributed by atoms with Gasteiger partial charge in [0.05, 0.1) is 0 Å². The smallest absolute Gasteiger partial charge is 0.0442 e. The number of piperazine rings is 1. The van der Waals surface area contributed by atoms with Gasteiger partial charge >= 0.3 is 0 Å². The molecule has 4 nitrogen and oxygen atoms in total. The van der Waals surface area contributed by atoms with E-state index in [-0.39, 0.29) is 0 Å². The van der Waals surface area contributed by atoms with Crippen LogP contribution in [0.3, 0.4) is 0 Å². The Hall–Kier alpha value is -1.10. The van der Waals surface area contributed by atoms with Crippen LogP contribution in [0.1, 0.15) is 11.1 Å². The van der Waals surface area contributed by atoms with Gasteiger partial charge in [-0.1, -0.05) is 18.2 Å². The fourth-order valence-corrected chi connectivity index (χ4v) is 2.87. The van der Waals surface area contributed by atoms with Gasteiger partial charge in [0.25, 0.3) is 0 Å². The summed E-state index contributed by atoms with van der Waals surface area (Å²) in [6, 6.07) is 6.45. The van der Waals surface area contributed by atoms with Crippen LogP contribution in [0, 0.1) is 6.92 Å². The van der Waals surface area contributed by atoms with E-state index < -0.39 is 0 Å². The average molecular weight is 276 g/mol. The first-order valence-electron chi connectivity index (χ1n) is 7.52. The third-order valence-corrected chi connectivity index (χ3v) is 4.09. The summed E-state index contributed by atoms with van der Waals surface area (Å²) < 4.78 is 0. The lowest BCUT2D eigenvalue weighted by atomic mass is 10.1. The third kappa shape index (κ3) is 3.72. The minimum atomic E-state index is 0.623. The zero-order valence-corrected chi connectivity index (χ0v) is 13.1. The van der Waals surface area contributed by atoms with Crippen LogP contribution in [0.15, 0.2) is 18.2 Å². The topological polar surface area (TPSA) is 35.7 Å². The van der Waals surface area contributed by atoms with Gasteiger partial charge in [0.2, 0.25) is 0 Å². The first kappa shape index (κ1) is 15.3. The van der Waals surface area contributed by atoms with Crippen molar-refractivity contribution in [3.63, 3.8) is 0 Å². The molecule has 1 aromatic rings. The van der Waals surface area contributed by atoms with Crippen LogP contribution >= 0.6 is 0 Å². The van der Waals surface area contributed by atoms with Gasteiger partial charge in [0.1, 0.15) is 0 Å². The molecule has 4 heteroatoms. The van der Waals surface area contributed by atoms with E-state index in [1.54, 1.807) is 0 Å². The van der Waals surface area contributed by atoms with E-state index in [0.717, 1.165) is 32.7 Å². The van der Waals surface area contributed by atoms with Gasteiger partial charge < -0.3 is 15.5 Å². The van der Waals surface area contributed by atoms with Crippen LogP contribution < -0.4 is 10.6 Å². The van der Waals surface area contributed by atoms with Gasteiger partial charge in [-0.05, 0) is 32.1 Å². The lowest BCUT2D eigenvalue weighted by molar-refractivity contribution is 0.229. The van der Waals surface area contributed by atoms with Crippen molar-refractivity contribution in [1.82, 2.24) is 9.80 Å². The molecule has 1 fully saturated rings. The monoisotopic (exact) mass is 276 g/mol. The first-order chi connectivity index (χ1) is 9.61. The number of likely N-dealkylation sites (N-methyl/N-ethyl adjacent to an activating group) is 1. The summed E-state index contributed by atoms with van der Waals surface area (Å²) in [5.41, 5.74) is 9.87. The van der Waals surface area contributed by atoms with Crippen LogP contribution in [0.2, 0.25) is 0 Å². The molecule has 0 unspecified atom stereocenters. The van der Waals surface area contributed by atoms with Gasteiger partial charge in [0, 0.05) is 51.5 Å². The first-order valence-corrected chi connectivity index (χ1v) is 7.52. The molecule has 0 radical (unpaired) electrons.